The number of methoxy groups -OCH3 is 1. The number of rotatable bonds is 5. The Morgan fingerprint density at radius 2 is 1.97 bits per heavy atom. The van der Waals surface area contributed by atoms with Gasteiger partial charge in [0.1, 0.15) is 4.88 Å². The van der Waals surface area contributed by atoms with Gasteiger partial charge < -0.3 is 14.2 Å². The summed E-state index contributed by atoms with van der Waals surface area (Å²) < 4.78 is 6.95. The summed E-state index contributed by atoms with van der Waals surface area (Å²) in [7, 11) is 3.27. The predicted octanol–water partition coefficient (Wildman–Crippen LogP) is 5.03. The second-order valence-corrected chi connectivity index (χ2v) is 10.7. The molecule has 2 aromatic rings. The summed E-state index contributed by atoms with van der Waals surface area (Å²) >= 11 is 1.28. The first-order chi connectivity index (χ1) is 15.1. The number of nitrogens with zero attached hydrogens (tertiary/aromatic N) is 3. The first kappa shape index (κ1) is 24.1. The molecule has 0 unspecified atom stereocenters. The molecule has 0 bridgehead atoms. The molecule has 1 amide bonds. The number of imidazole rings is 1. The zero-order valence-corrected chi connectivity index (χ0v) is 20.7. The number of thiophene rings is 1. The van der Waals surface area contributed by atoms with E-state index in [-0.39, 0.29) is 17.2 Å². The number of ether oxygens (including phenoxy) is 1. The van der Waals surface area contributed by atoms with Gasteiger partial charge in [0.2, 0.25) is 5.91 Å². The van der Waals surface area contributed by atoms with Crippen molar-refractivity contribution in [3.8, 4) is 11.8 Å². The van der Waals surface area contributed by atoms with Crippen LogP contribution in [0.3, 0.4) is 0 Å². The third-order valence-electron chi connectivity index (χ3n) is 5.80. The highest BCUT2D eigenvalue weighted by atomic mass is 32.1. The zero-order chi connectivity index (χ0) is 23.5. The minimum atomic E-state index is -0.450. The summed E-state index contributed by atoms with van der Waals surface area (Å²) in [5.41, 5.74) is 1.30. The molecule has 0 aromatic carbocycles. The van der Waals surface area contributed by atoms with Gasteiger partial charge in [-0.2, -0.15) is 0 Å². The topological polar surface area (TPSA) is 64.4 Å². The summed E-state index contributed by atoms with van der Waals surface area (Å²) in [5, 5.41) is 0. The minimum Gasteiger partial charge on any atom is -0.465 e. The van der Waals surface area contributed by atoms with Crippen LogP contribution in [0.2, 0.25) is 0 Å². The van der Waals surface area contributed by atoms with Crippen LogP contribution in [-0.2, 0) is 23.1 Å². The summed E-state index contributed by atoms with van der Waals surface area (Å²) in [6, 6.07) is 1.86. The maximum absolute atomic E-state index is 13.7. The van der Waals surface area contributed by atoms with Crippen LogP contribution in [0.15, 0.2) is 18.6 Å². The van der Waals surface area contributed by atoms with E-state index in [2.05, 4.69) is 23.7 Å². The van der Waals surface area contributed by atoms with Crippen molar-refractivity contribution in [1.29, 1.82) is 0 Å². The molecular weight excluding hydrogens is 422 g/mol. The van der Waals surface area contributed by atoms with Gasteiger partial charge in [0.25, 0.3) is 0 Å². The molecule has 2 heterocycles. The van der Waals surface area contributed by atoms with E-state index in [1.165, 1.54) is 18.4 Å². The SMILES string of the molecule is COC(=O)c1sc(C#CC(C)(C)C)cc1N(Cc1cncn1C)C(=O)C1CCC(C)CC1. The molecule has 0 saturated heterocycles. The Balaban J connectivity index is 2.04. The fourth-order valence-corrected chi connectivity index (χ4v) is 4.77. The van der Waals surface area contributed by atoms with E-state index in [0.29, 0.717) is 23.0 Å². The number of aryl methyl sites for hydroxylation is 1. The first-order valence-electron chi connectivity index (χ1n) is 11.1. The van der Waals surface area contributed by atoms with Crippen molar-refractivity contribution in [1.82, 2.24) is 9.55 Å². The molecule has 1 aliphatic rings. The fourth-order valence-electron chi connectivity index (χ4n) is 3.84. The third kappa shape index (κ3) is 5.80. The predicted molar refractivity (Wildman–Crippen MR) is 128 cm³/mol. The molecule has 0 atom stereocenters. The molecule has 32 heavy (non-hydrogen) atoms. The average molecular weight is 456 g/mol. The summed E-state index contributed by atoms with van der Waals surface area (Å²) in [6.45, 7) is 8.70. The van der Waals surface area contributed by atoms with Crippen molar-refractivity contribution < 1.29 is 14.3 Å². The van der Waals surface area contributed by atoms with Crippen molar-refractivity contribution in [2.24, 2.45) is 24.3 Å². The molecule has 1 fully saturated rings. The lowest BCUT2D eigenvalue weighted by molar-refractivity contribution is -0.123. The molecule has 6 nitrogen and oxygen atoms in total. The highest BCUT2D eigenvalue weighted by Gasteiger charge is 2.32. The van der Waals surface area contributed by atoms with E-state index in [1.807, 2.05) is 38.5 Å². The quantitative estimate of drug-likeness (QED) is 0.469. The van der Waals surface area contributed by atoms with Gasteiger partial charge in [0, 0.05) is 24.6 Å². The average Bonchev–Trinajstić information content (AvgIpc) is 3.35. The normalized spacial score (nSPS) is 18.6. The number of amides is 1. The van der Waals surface area contributed by atoms with Crippen LogP contribution in [0.5, 0.6) is 0 Å². The Morgan fingerprint density at radius 1 is 1.28 bits per heavy atom. The molecule has 0 aliphatic heterocycles. The summed E-state index contributed by atoms with van der Waals surface area (Å²) in [4.78, 5) is 33.5. The summed E-state index contributed by atoms with van der Waals surface area (Å²) in [5.74, 6) is 6.60. The van der Waals surface area contributed by atoms with Gasteiger partial charge in [-0.25, -0.2) is 9.78 Å². The number of aromatic nitrogens is 2. The molecule has 1 aliphatic carbocycles. The largest absolute Gasteiger partial charge is 0.465 e. The van der Waals surface area contributed by atoms with E-state index in [4.69, 9.17) is 4.74 Å². The van der Waals surface area contributed by atoms with E-state index in [1.54, 1.807) is 17.4 Å². The van der Waals surface area contributed by atoms with E-state index < -0.39 is 5.97 Å². The van der Waals surface area contributed by atoms with Gasteiger partial charge in [-0.15, -0.1) is 11.3 Å². The summed E-state index contributed by atoms with van der Waals surface area (Å²) in [6.07, 6.45) is 7.31. The Morgan fingerprint density at radius 3 is 2.53 bits per heavy atom. The lowest BCUT2D eigenvalue weighted by Crippen LogP contribution is -2.38. The standard InChI is InChI=1S/C25H33N3O3S/c1-17-7-9-18(10-8-17)23(29)28(15-19-14-26-16-27(19)5)21-13-20(11-12-25(2,3)4)32-22(21)24(30)31-6/h13-14,16-18H,7-10,15H2,1-6H3. The number of esters is 1. The second-order valence-electron chi connectivity index (χ2n) is 9.69. The molecular formula is C25H33N3O3S. The third-order valence-corrected chi connectivity index (χ3v) is 6.82. The van der Waals surface area contributed by atoms with E-state index in [0.717, 1.165) is 36.3 Å². The number of hydrogen-bond donors (Lipinski definition) is 0. The number of hydrogen-bond acceptors (Lipinski definition) is 5. The van der Waals surface area contributed by atoms with Gasteiger partial charge in [0.05, 0.1) is 36.2 Å². The molecule has 1 saturated carbocycles. The lowest BCUT2D eigenvalue weighted by atomic mass is 9.82. The van der Waals surface area contributed by atoms with E-state index >= 15 is 0 Å². The van der Waals surface area contributed by atoms with Crippen LogP contribution < -0.4 is 4.90 Å². The highest BCUT2D eigenvalue weighted by Crippen LogP contribution is 2.36. The highest BCUT2D eigenvalue weighted by molar-refractivity contribution is 7.15. The molecule has 7 heteroatoms. The monoisotopic (exact) mass is 455 g/mol. The van der Waals surface area contributed by atoms with Crippen molar-refractivity contribution in [3.05, 3.63) is 34.0 Å². The Kier molecular flexibility index (Phi) is 7.45. The maximum Gasteiger partial charge on any atom is 0.350 e. The number of anilines is 1. The second kappa shape index (κ2) is 9.91. The van der Waals surface area contributed by atoms with Crippen LogP contribution in [0.25, 0.3) is 0 Å². The Hall–Kier alpha value is -2.59. The number of carbonyl (C=O) groups excluding carboxylic acids is 2. The number of carbonyl (C=O) groups is 2. The zero-order valence-electron chi connectivity index (χ0n) is 19.9. The smallest absolute Gasteiger partial charge is 0.350 e. The van der Waals surface area contributed by atoms with Crippen LogP contribution in [0.4, 0.5) is 5.69 Å². The van der Waals surface area contributed by atoms with Crippen molar-refractivity contribution in [2.45, 2.75) is 59.9 Å². The first-order valence-corrected chi connectivity index (χ1v) is 11.9. The molecule has 0 N–H and O–H groups in total. The van der Waals surface area contributed by atoms with Gasteiger partial charge in [0.15, 0.2) is 0 Å². The lowest BCUT2D eigenvalue weighted by Gasteiger charge is -2.31. The van der Waals surface area contributed by atoms with Crippen molar-refractivity contribution in [2.75, 3.05) is 12.0 Å². The fraction of sp³-hybridized carbons (Fsp3) is 0.560. The molecule has 0 radical (unpaired) electrons. The van der Waals surface area contributed by atoms with Gasteiger partial charge in [-0.3, -0.25) is 4.79 Å². The van der Waals surface area contributed by atoms with E-state index in [9.17, 15) is 9.59 Å². The van der Waals surface area contributed by atoms with Gasteiger partial charge in [-0.05, 0) is 58.4 Å². The van der Waals surface area contributed by atoms with Crippen molar-refractivity contribution in [3.63, 3.8) is 0 Å². The Labute approximate surface area is 195 Å². The van der Waals surface area contributed by atoms with Gasteiger partial charge >= 0.3 is 5.97 Å². The molecule has 172 valence electrons. The van der Waals surface area contributed by atoms with Crippen molar-refractivity contribution >= 4 is 28.9 Å². The molecule has 3 rings (SSSR count). The van der Waals surface area contributed by atoms with Crippen LogP contribution in [-0.4, -0.2) is 28.5 Å². The van der Waals surface area contributed by atoms with Crippen LogP contribution in [0, 0.1) is 29.1 Å². The van der Waals surface area contributed by atoms with Crippen LogP contribution >= 0.6 is 11.3 Å². The van der Waals surface area contributed by atoms with Crippen LogP contribution in [0.1, 0.15) is 73.6 Å². The Bertz CT molecular complexity index is 1030. The maximum atomic E-state index is 13.7. The molecule has 0 spiro atoms. The molecule has 2 aromatic heterocycles. The minimum absolute atomic E-state index is 0.0473. The van der Waals surface area contributed by atoms with Gasteiger partial charge in [-0.1, -0.05) is 18.8 Å².